The highest BCUT2D eigenvalue weighted by atomic mass is 35.5. The lowest BCUT2D eigenvalue weighted by Crippen LogP contribution is -2.17. The van der Waals surface area contributed by atoms with Gasteiger partial charge < -0.3 is 15.1 Å². The molecule has 9 heteroatoms. The fourth-order valence-corrected chi connectivity index (χ4v) is 5.90. The maximum Gasteiger partial charge on any atom is 0.335 e. The third-order valence-corrected chi connectivity index (χ3v) is 9.88. The van der Waals surface area contributed by atoms with Crippen molar-refractivity contribution in [3.05, 3.63) is 94.3 Å². The van der Waals surface area contributed by atoms with E-state index in [1.807, 2.05) is 42.5 Å². The van der Waals surface area contributed by atoms with E-state index >= 15 is 0 Å². The van der Waals surface area contributed by atoms with E-state index in [1.165, 1.54) is 18.7 Å². The standard InChI is InChI=1S/C30H32ClN2O4PS/c1-30(2,38(35,36)37)23-15-19-25(20-16-23)32-27(34)12-8-4-7-11-26-28(21-13-17-24(31)18-14-21)33-29(39-26)22-9-5-3-6-10-22/h3,5-6,9-10,13-20H,4,7-8,11-12H2,1-2H3,(H,32,34)(H2,35,36,37). The number of aryl methyl sites for hydroxylation is 1. The van der Waals surface area contributed by atoms with Crippen LogP contribution in [0.1, 0.15) is 50.0 Å². The quantitative estimate of drug-likeness (QED) is 0.122. The smallest absolute Gasteiger partial charge is 0.326 e. The molecule has 1 aromatic heterocycles. The Balaban J connectivity index is 1.31. The molecule has 0 saturated heterocycles. The van der Waals surface area contributed by atoms with Crippen LogP contribution in [0.5, 0.6) is 0 Å². The van der Waals surface area contributed by atoms with Crippen molar-refractivity contribution >= 4 is 42.1 Å². The van der Waals surface area contributed by atoms with Crippen molar-refractivity contribution < 1.29 is 19.1 Å². The summed E-state index contributed by atoms with van der Waals surface area (Å²) in [6.45, 7) is 3.02. The number of carbonyl (C=O) groups is 1. The summed E-state index contributed by atoms with van der Waals surface area (Å²) < 4.78 is 11.8. The predicted octanol–water partition coefficient (Wildman–Crippen LogP) is 8.28. The van der Waals surface area contributed by atoms with E-state index < -0.39 is 12.8 Å². The van der Waals surface area contributed by atoms with Crippen molar-refractivity contribution in [3.8, 4) is 21.8 Å². The van der Waals surface area contributed by atoms with Crippen LogP contribution in [-0.4, -0.2) is 20.7 Å². The minimum atomic E-state index is -4.31. The molecule has 0 spiro atoms. The Morgan fingerprint density at radius 2 is 1.59 bits per heavy atom. The van der Waals surface area contributed by atoms with E-state index in [2.05, 4.69) is 17.4 Å². The number of amides is 1. The molecule has 0 atom stereocenters. The molecular weight excluding hydrogens is 551 g/mol. The minimum Gasteiger partial charge on any atom is -0.326 e. The Bertz CT molecular complexity index is 1450. The van der Waals surface area contributed by atoms with Gasteiger partial charge in [-0.1, -0.05) is 72.6 Å². The van der Waals surface area contributed by atoms with Gasteiger partial charge in [-0.2, -0.15) is 0 Å². The van der Waals surface area contributed by atoms with Crippen LogP contribution >= 0.6 is 30.5 Å². The van der Waals surface area contributed by atoms with Crippen LogP contribution < -0.4 is 5.32 Å². The lowest BCUT2D eigenvalue weighted by atomic mass is 10.0. The van der Waals surface area contributed by atoms with Crippen LogP contribution in [0.25, 0.3) is 21.8 Å². The van der Waals surface area contributed by atoms with Crippen molar-refractivity contribution in [2.24, 2.45) is 0 Å². The van der Waals surface area contributed by atoms with Crippen LogP contribution in [-0.2, 0) is 20.9 Å². The molecule has 4 aromatic rings. The fraction of sp³-hybridized carbons (Fsp3) is 0.267. The summed E-state index contributed by atoms with van der Waals surface area (Å²) in [5.74, 6) is -0.0806. The number of benzene rings is 3. The molecule has 1 amide bonds. The summed E-state index contributed by atoms with van der Waals surface area (Å²) in [5, 5.41) is 3.27. The number of aromatic nitrogens is 1. The molecule has 0 aliphatic heterocycles. The second kappa shape index (κ2) is 12.6. The topological polar surface area (TPSA) is 99.5 Å². The Hall–Kier alpha value is -2.80. The monoisotopic (exact) mass is 582 g/mol. The predicted molar refractivity (Wildman–Crippen MR) is 160 cm³/mol. The molecule has 0 radical (unpaired) electrons. The Kier molecular flexibility index (Phi) is 9.42. The number of nitrogens with one attached hydrogen (secondary N) is 1. The molecule has 1 heterocycles. The van der Waals surface area contributed by atoms with Gasteiger partial charge in [0.15, 0.2) is 0 Å². The fourth-order valence-electron chi connectivity index (χ4n) is 4.16. The van der Waals surface area contributed by atoms with E-state index in [0.29, 0.717) is 22.7 Å². The Morgan fingerprint density at radius 3 is 2.23 bits per heavy atom. The number of anilines is 1. The van der Waals surface area contributed by atoms with Gasteiger partial charge in [-0.05, 0) is 62.9 Å². The van der Waals surface area contributed by atoms with E-state index in [0.717, 1.165) is 47.5 Å². The number of carbonyl (C=O) groups excluding carboxylic acids is 1. The molecule has 3 aromatic carbocycles. The highest BCUT2D eigenvalue weighted by Crippen LogP contribution is 2.56. The average Bonchev–Trinajstić information content (AvgIpc) is 3.33. The minimum absolute atomic E-state index is 0.0806. The summed E-state index contributed by atoms with van der Waals surface area (Å²) in [5.41, 5.74) is 4.25. The van der Waals surface area contributed by atoms with Crippen molar-refractivity contribution in [3.63, 3.8) is 0 Å². The zero-order valence-electron chi connectivity index (χ0n) is 21.9. The van der Waals surface area contributed by atoms with Crippen molar-refractivity contribution in [2.75, 3.05) is 5.32 Å². The van der Waals surface area contributed by atoms with Gasteiger partial charge in [-0.3, -0.25) is 9.36 Å². The van der Waals surface area contributed by atoms with Gasteiger partial charge in [0, 0.05) is 33.1 Å². The van der Waals surface area contributed by atoms with Gasteiger partial charge in [-0.25, -0.2) is 4.98 Å². The molecule has 0 aliphatic rings. The summed E-state index contributed by atoms with van der Waals surface area (Å²) in [6.07, 6.45) is 3.88. The van der Waals surface area contributed by atoms with Crippen LogP contribution in [0.2, 0.25) is 5.02 Å². The first-order valence-electron chi connectivity index (χ1n) is 12.8. The Labute approximate surface area is 238 Å². The third kappa shape index (κ3) is 7.44. The highest BCUT2D eigenvalue weighted by molar-refractivity contribution is 7.53. The van der Waals surface area contributed by atoms with Crippen LogP contribution in [0.4, 0.5) is 5.69 Å². The molecule has 3 N–H and O–H groups in total. The third-order valence-electron chi connectivity index (χ3n) is 6.75. The molecule has 0 unspecified atom stereocenters. The maximum atomic E-state index is 12.5. The molecule has 204 valence electrons. The lowest BCUT2D eigenvalue weighted by Gasteiger charge is -2.26. The second-order valence-electron chi connectivity index (χ2n) is 9.95. The van der Waals surface area contributed by atoms with Gasteiger partial charge >= 0.3 is 7.60 Å². The van der Waals surface area contributed by atoms with Crippen molar-refractivity contribution in [2.45, 2.75) is 51.1 Å². The van der Waals surface area contributed by atoms with E-state index in [4.69, 9.17) is 16.6 Å². The largest absolute Gasteiger partial charge is 0.335 e. The van der Waals surface area contributed by atoms with Gasteiger partial charge in [0.2, 0.25) is 5.91 Å². The number of rotatable bonds is 11. The molecular formula is C30H32ClN2O4PS. The maximum absolute atomic E-state index is 12.5. The molecule has 0 aliphatic carbocycles. The highest BCUT2D eigenvalue weighted by Gasteiger charge is 2.39. The second-order valence-corrected chi connectivity index (χ2v) is 13.7. The zero-order valence-corrected chi connectivity index (χ0v) is 24.4. The average molecular weight is 583 g/mol. The van der Waals surface area contributed by atoms with Gasteiger partial charge in [0.1, 0.15) is 5.01 Å². The van der Waals surface area contributed by atoms with Gasteiger partial charge in [0.25, 0.3) is 0 Å². The van der Waals surface area contributed by atoms with Crippen molar-refractivity contribution in [1.29, 1.82) is 0 Å². The first kappa shape index (κ1) is 29.2. The number of hydrogen-bond acceptors (Lipinski definition) is 4. The molecule has 6 nitrogen and oxygen atoms in total. The molecule has 4 rings (SSSR count). The summed E-state index contributed by atoms with van der Waals surface area (Å²) >= 11 is 7.81. The van der Waals surface area contributed by atoms with Crippen molar-refractivity contribution in [1.82, 2.24) is 4.98 Å². The van der Waals surface area contributed by atoms with E-state index in [-0.39, 0.29) is 5.91 Å². The molecule has 39 heavy (non-hydrogen) atoms. The number of thiazole rings is 1. The summed E-state index contributed by atoms with van der Waals surface area (Å²) in [4.78, 5) is 37.8. The number of hydrogen-bond donors (Lipinski definition) is 3. The first-order valence-corrected chi connectivity index (χ1v) is 15.6. The SMILES string of the molecule is CC(C)(c1ccc(NC(=O)CCCCCc2sc(-c3ccccc3)nc2-c2ccc(Cl)cc2)cc1)P(=O)(O)O. The molecule has 0 fully saturated rings. The van der Waals surface area contributed by atoms with Crippen LogP contribution in [0, 0.1) is 0 Å². The van der Waals surface area contributed by atoms with E-state index in [9.17, 15) is 19.1 Å². The summed E-state index contributed by atoms with van der Waals surface area (Å²) in [7, 11) is -4.31. The van der Waals surface area contributed by atoms with E-state index in [1.54, 1.807) is 35.6 Å². The Morgan fingerprint density at radius 1 is 0.923 bits per heavy atom. The zero-order chi connectivity index (χ0) is 28.0. The number of nitrogens with zero attached hydrogens (tertiary/aromatic N) is 1. The van der Waals surface area contributed by atoms with Gasteiger partial charge in [-0.15, -0.1) is 11.3 Å². The number of unbranched alkanes of at least 4 members (excludes halogenated alkanes) is 2. The van der Waals surface area contributed by atoms with Gasteiger partial charge in [0.05, 0.1) is 10.9 Å². The van der Waals surface area contributed by atoms with Crippen LogP contribution in [0.15, 0.2) is 78.9 Å². The molecule has 0 saturated carbocycles. The van der Waals surface area contributed by atoms with Crippen LogP contribution in [0.3, 0.4) is 0 Å². The lowest BCUT2D eigenvalue weighted by molar-refractivity contribution is -0.116. The molecule has 0 bridgehead atoms. The normalized spacial score (nSPS) is 11.9. The first-order chi connectivity index (χ1) is 18.5. The number of halogens is 1. The summed E-state index contributed by atoms with van der Waals surface area (Å²) in [6, 6.07) is 24.6.